The van der Waals surface area contributed by atoms with E-state index in [9.17, 15) is 0 Å². The van der Waals surface area contributed by atoms with Crippen LogP contribution in [0.25, 0.3) is 0 Å². The summed E-state index contributed by atoms with van der Waals surface area (Å²) in [7, 11) is 1.00. The largest absolute Gasteiger partial charge is 0.483 e. The van der Waals surface area contributed by atoms with Crippen LogP contribution in [0.4, 0.5) is 0 Å². The predicted octanol–water partition coefficient (Wildman–Crippen LogP) is 5.26. The summed E-state index contributed by atoms with van der Waals surface area (Å²) in [4.78, 5) is 8.36. The molecule has 21 heavy (non-hydrogen) atoms. The lowest BCUT2D eigenvalue weighted by molar-refractivity contribution is -0.122. The molecule has 0 fully saturated rings. The van der Waals surface area contributed by atoms with Crippen LogP contribution in [-0.2, 0) is 4.79 Å². The lowest BCUT2D eigenvalue weighted by Crippen LogP contribution is -1.94. The molecule has 0 aliphatic carbocycles. The molecular weight excluding hydrogens is 264 g/mol. The molecule has 0 atom stereocenters. The molecule has 3 nitrogen and oxygen atoms in total. The Morgan fingerprint density at radius 2 is 1.24 bits per heavy atom. The van der Waals surface area contributed by atoms with E-state index >= 15 is 0 Å². The SMILES string of the molecule is CC.CC.CCC(CC)c1ccc(C)cc1.CO.O=CO. The fourth-order valence-corrected chi connectivity index (χ4v) is 1.60. The summed E-state index contributed by atoms with van der Waals surface area (Å²) in [5.74, 6) is 0.755. The molecule has 1 rings (SSSR count). The molecule has 0 radical (unpaired) electrons. The maximum Gasteiger partial charge on any atom is 0.290 e. The van der Waals surface area contributed by atoms with Gasteiger partial charge in [0.15, 0.2) is 0 Å². The van der Waals surface area contributed by atoms with Crippen molar-refractivity contribution < 1.29 is 15.0 Å². The molecule has 0 aromatic heterocycles. The first-order valence-electron chi connectivity index (χ1n) is 7.78. The normalized spacial score (nSPS) is 7.52. The zero-order chi connectivity index (χ0) is 17.7. The second-order valence-electron chi connectivity index (χ2n) is 3.53. The minimum Gasteiger partial charge on any atom is -0.483 e. The van der Waals surface area contributed by atoms with Gasteiger partial charge in [-0.1, -0.05) is 71.4 Å². The van der Waals surface area contributed by atoms with Gasteiger partial charge in [0, 0.05) is 7.11 Å². The summed E-state index contributed by atoms with van der Waals surface area (Å²) < 4.78 is 0. The van der Waals surface area contributed by atoms with Gasteiger partial charge >= 0.3 is 0 Å². The van der Waals surface area contributed by atoms with E-state index in [2.05, 4.69) is 45.0 Å². The first-order chi connectivity index (χ1) is 10.2. The number of benzene rings is 1. The van der Waals surface area contributed by atoms with E-state index in [0.29, 0.717) is 0 Å². The molecular formula is C18H36O3. The second-order valence-corrected chi connectivity index (χ2v) is 3.53. The van der Waals surface area contributed by atoms with Crippen molar-refractivity contribution in [2.24, 2.45) is 0 Å². The zero-order valence-corrected chi connectivity index (χ0v) is 15.2. The molecule has 0 unspecified atom stereocenters. The summed E-state index contributed by atoms with van der Waals surface area (Å²) >= 11 is 0. The molecule has 0 saturated heterocycles. The van der Waals surface area contributed by atoms with Gasteiger partial charge in [0.2, 0.25) is 0 Å². The number of hydrogen-bond acceptors (Lipinski definition) is 2. The van der Waals surface area contributed by atoms with E-state index in [4.69, 9.17) is 15.0 Å². The molecule has 0 saturated carbocycles. The minimum atomic E-state index is -0.250. The third kappa shape index (κ3) is 18.6. The van der Waals surface area contributed by atoms with Gasteiger partial charge in [0.25, 0.3) is 6.47 Å². The molecule has 0 bridgehead atoms. The highest BCUT2D eigenvalue weighted by molar-refractivity contribution is 5.32. The van der Waals surface area contributed by atoms with Crippen LogP contribution < -0.4 is 0 Å². The van der Waals surface area contributed by atoms with Crippen molar-refractivity contribution in [3.05, 3.63) is 35.4 Å². The lowest BCUT2D eigenvalue weighted by Gasteiger charge is -2.12. The Hall–Kier alpha value is -1.35. The first-order valence-corrected chi connectivity index (χ1v) is 7.78. The molecule has 126 valence electrons. The van der Waals surface area contributed by atoms with Crippen molar-refractivity contribution in [3.8, 4) is 0 Å². The average Bonchev–Trinajstić information content (AvgIpc) is 2.57. The number of hydrogen-bond donors (Lipinski definition) is 2. The fraction of sp³-hybridized carbons (Fsp3) is 0.611. The van der Waals surface area contributed by atoms with Gasteiger partial charge in [-0.15, -0.1) is 0 Å². The second kappa shape index (κ2) is 27.1. The Morgan fingerprint density at radius 3 is 1.48 bits per heavy atom. The maximum atomic E-state index is 8.36. The Balaban J connectivity index is -0.000000136. The highest BCUT2D eigenvalue weighted by Crippen LogP contribution is 2.22. The molecule has 0 spiro atoms. The van der Waals surface area contributed by atoms with Crippen LogP contribution >= 0.6 is 0 Å². The number of aryl methyl sites for hydroxylation is 1. The van der Waals surface area contributed by atoms with Crippen LogP contribution in [0.2, 0.25) is 0 Å². The fourth-order valence-electron chi connectivity index (χ4n) is 1.60. The number of carbonyl (C=O) groups is 1. The predicted molar refractivity (Wildman–Crippen MR) is 94.0 cm³/mol. The van der Waals surface area contributed by atoms with E-state index in [1.807, 2.05) is 27.7 Å². The van der Waals surface area contributed by atoms with Crippen molar-refractivity contribution >= 4 is 6.47 Å². The molecule has 0 amide bonds. The standard InChI is InChI=1S/C12H18.2C2H6.CH2O2.CH4O/c1-4-11(5-2)12-8-6-10(3)7-9-12;2*1-2;2-1-3;1-2/h6-9,11H,4-5H2,1-3H3;2*1-2H3;1H,(H,2,3);2H,1H3. The van der Waals surface area contributed by atoms with Crippen molar-refractivity contribution in [1.82, 2.24) is 0 Å². The van der Waals surface area contributed by atoms with Crippen LogP contribution in [-0.4, -0.2) is 23.8 Å². The number of aliphatic hydroxyl groups is 1. The minimum absolute atomic E-state index is 0.250. The van der Waals surface area contributed by atoms with E-state index in [-0.39, 0.29) is 6.47 Å². The van der Waals surface area contributed by atoms with Crippen LogP contribution in [0.3, 0.4) is 0 Å². The maximum absolute atomic E-state index is 8.36. The Labute approximate surface area is 132 Å². The highest BCUT2D eigenvalue weighted by atomic mass is 16.3. The summed E-state index contributed by atoms with van der Waals surface area (Å²) in [6, 6.07) is 8.92. The summed E-state index contributed by atoms with van der Waals surface area (Å²) in [6.45, 7) is 14.4. The van der Waals surface area contributed by atoms with Crippen molar-refractivity contribution in [3.63, 3.8) is 0 Å². The average molecular weight is 300 g/mol. The topological polar surface area (TPSA) is 57.5 Å². The van der Waals surface area contributed by atoms with Gasteiger partial charge in [0.05, 0.1) is 0 Å². The number of carboxylic acid groups (broad SMARTS) is 1. The van der Waals surface area contributed by atoms with E-state index in [1.165, 1.54) is 24.0 Å². The van der Waals surface area contributed by atoms with Crippen molar-refractivity contribution in [1.29, 1.82) is 0 Å². The Kier molecular flexibility index (Phi) is 36.0. The summed E-state index contributed by atoms with van der Waals surface area (Å²) in [5.41, 5.74) is 2.84. The number of rotatable bonds is 3. The monoisotopic (exact) mass is 300 g/mol. The highest BCUT2D eigenvalue weighted by Gasteiger charge is 2.04. The van der Waals surface area contributed by atoms with Gasteiger partial charge in [-0.05, 0) is 31.2 Å². The van der Waals surface area contributed by atoms with Gasteiger partial charge in [-0.3, -0.25) is 4.79 Å². The van der Waals surface area contributed by atoms with Gasteiger partial charge in [0.1, 0.15) is 0 Å². The molecule has 1 aromatic carbocycles. The first kappa shape index (κ1) is 27.9. The van der Waals surface area contributed by atoms with Crippen LogP contribution in [0.5, 0.6) is 0 Å². The lowest BCUT2D eigenvalue weighted by atomic mass is 9.93. The van der Waals surface area contributed by atoms with E-state index < -0.39 is 0 Å². The van der Waals surface area contributed by atoms with Crippen molar-refractivity contribution in [2.75, 3.05) is 7.11 Å². The summed E-state index contributed by atoms with van der Waals surface area (Å²) in [5, 5.41) is 13.9. The third-order valence-corrected chi connectivity index (χ3v) is 2.53. The molecule has 2 N–H and O–H groups in total. The van der Waals surface area contributed by atoms with Gasteiger partial charge < -0.3 is 10.2 Å². The Morgan fingerprint density at radius 1 is 0.952 bits per heavy atom. The number of aliphatic hydroxyl groups excluding tert-OH is 1. The van der Waals surface area contributed by atoms with Gasteiger partial charge in [-0.25, -0.2) is 0 Å². The van der Waals surface area contributed by atoms with Crippen molar-refractivity contribution in [2.45, 2.75) is 67.2 Å². The molecule has 3 heteroatoms. The third-order valence-electron chi connectivity index (χ3n) is 2.53. The van der Waals surface area contributed by atoms with E-state index in [1.54, 1.807) is 0 Å². The van der Waals surface area contributed by atoms with E-state index in [0.717, 1.165) is 13.0 Å². The van der Waals surface area contributed by atoms with Crippen LogP contribution in [0.15, 0.2) is 24.3 Å². The van der Waals surface area contributed by atoms with Gasteiger partial charge in [-0.2, -0.15) is 0 Å². The molecule has 0 aliphatic heterocycles. The van der Waals surface area contributed by atoms with Crippen LogP contribution in [0, 0.1) is 6.92 Å². The molecule has 1 aromatic rings. The summed E-state index contributed by atoms with van der Waals surface area (Å²) in [6.07, 6.45) is 2.50. The van der Waals surface area contributed by atoms with Crippen LogP contribution in [0.1, 0.15) is 71.4 Å². The molecule has 0 aliphatic rings. The smallest absolute Gasteiger partial charge is 0.290 e. The Bertz CT molecular complexity index is 264. The molecule has 0 heterocycles. The zero-order valence-electron chi connectivity index (χ0n) is 15.2. The quantitative estimate of drug-likeness (QED) is 0.748.